The van der Waals surface area contributed by atoms with Crippen LogP contribution in [0, 0.1) is 22.7 Å². The highest BCUT2D eigenvalue weighted by Crippen LogP contribution is 2.22. The van der Waals surface area contributed by atoms with Gasteiger partial charge in [0.1, 0.15) is 12.1 Å². The van der Waals surface area contributed by atoms with E-state index in [2.05, 4.69) is 10.3 Å². The van der Waals surface area contributed by atoms with Crippen LogP contribution in [0.15, 0.2) is 52.3 Å². The Morgan fingerprint density at radius 1 is 1.29 bits per heavy atom. The fourth-order valence-corrected chi connectivity index (χ4v) is 1.97. The molecule has 6 nitrogen and oxygen atoms in total. The van der Waals surface area contributed by atoms with E-state index in [4.69, 9.17) is 16.3 Å². The van der Waals surface area contributed by atoms with Crippen molar-refractivity contribution in [1.29, 1.82) is 10.5 Å². The van der Waals surface area contributed by atoms with Crippen molar-refractivity contribution >= 4 is 11.8 Å². The Morgan fingerprint density at radius 3 is 2.52 bits per heavy atom. The number of hydrogen-bond acceptors (Lipinski definition) is 6. The molecule has 21 heavy (non-hydrogen) atoms. The number of aliphatic hydroxyl groups is 1. The molecule has 1 aliphatic rings. The summed E-state index contributed by atoms with van der Waals surface area (Å²) in [6, 6.07) is 12.8. The second-order valence-corrected chi connectivity index (χ2v) is 4.50. The van der Waals surface area contributed by atoms with E-state index in [1.807, 2.05) is 36.4 Å². The zero-order valence-electron chi connectivity index (χ0n) is 11.3. The van der Waals surface area contributed by atoms with E-state index < -0.39 is 5.85 Å². The Kier molecular flexibility index (Phi) is 3.86. The standard InChI is InChI=1S/C15H13N5O/c1-10-12(7-11-5-3-2-4-6-11)15(18,21)20-14(9-17)13(8-16)19-10/h2-7,20-21H,18H2,1H3/b12-7-. The zero-order chi connectivity index (χ0) is 15.5. The summed E-state index contributed by atoms with van der Waals surface area (Å²) in [5.74, 6) is -1.99. The van der Waals surface area contributed by atoms with Crippen molar-refractivity contribution in [3.63, 3.8) is 0 Å². The summed E-state index contributed by atoms with van der Waals surface area (Å²) < 4.78 is 0. The molecule has 1 heterocycles. The van der Waals surface area contributed by atoms with E-state index in [0.717, 1.165) is 5.56 Å². The predicted octanol–water partition coefficient (Wildman–Crippen LogP) is 0.998. The van der Waals surface area contributed by atoms with Gasteiger partial charge in [-0.25, -0.2) is 4.99 Å². The van der Waals surface area contributed by atoms with Gasteiger partial charge in [-0.3, -0.25) is 5.73 Å². The van der Waals surface area contributed by atoms with Crippen LogP contribution in [-0.2, 0) is 0 Å². The highest BCUT2D eigenvalue weighted by atomic mass is 16.3. The molecule has 4 N–H and O–H groups in total. The van der Waals surface area contributed by atoms with Crippen molar-refractivity contribution in [3.8, 4) is 12.1 Å². The molecule has 0 aromatic heterocycles. The normalized spacial score (nSPS) is 23.7. The molecule has 104 valence electrons. The molecule has 1 aromatic carbocycles. The summed E-state index contributed by atoms with van der Waals surface area (Å²) >= 11 is 0. The second kappa shape index (κ2) is 5.59. The van der Waals surface area contributed by atoms with Gasteiger partial charge in [-0.2, -0.15) is 10.5 Å². The molecule has 0 spiro atoms. The van der Waals surface area contributed by atoms with Gasteiger partial charge in [0.05, 0.1) is 0 Å². The number of nitrogens with two attached hydrogens (primary N) is 1. The third kappa shape index (κ3) is 2.98. The van der Waals surface area contributed by atoms with E-state index in [1.54, 1.807) is 19.1 Å². The van der Waals surface area contributed by atoms with Crippen LogP contribution in [0.5, 0.6) is 0 Å². The van der Waals surface area contributed by atoms with Crippen LogP contribution in [-0.4, -0.2) is 16.7 Å². The van der Waals surface area contributed by atoms with Crippen LogP contribution in [0.4, 0.5) is 0 Å². The molecule has 0 amide bonds. The Labute approximate surface area is 122 Å². The summed E-state index contributed by atoms with van der Waals surface area (Å²) in [6.45, 7) is 1.62. The molecule has 1 aromatic rings. The van der Waals surface area contributed by atoms with Crippen LogP contribution < -0.4 is 11.1 Å². The van der Waals surface area contributed by atoms with E-state index in [-0.39, 0.29) is 17.0 Å². The first-order valence-corrected chi connectivity index (χ1v) is 6.14. The average Bonchev–Trinajstić information content (AvgIpc) is 2.57. The molecular weight excluding hydrogens is 266 g/mol. The molecule has 0 saturated carbocycles. The topological polar surface area (TPSA) is 118 Å². The number of nitrogens with one attached hydrogen (secondary N) is 1. The lowest BCUT2D eigenvalue weighted by atomic mass is 10.0. The maximum absolute atomic E-state index is 10.4. The van der Waals surface area contributed by atoms with Crippen LogP contribution in [0.25, 0.3) is 6.08 Å². The lowest BCUT2D eigenvalue weighted by molar-refractivity contribution is 0.0684. The number of aliphatic imine (C=N–C) groups is 1. The van der Waals surface area contributed by atoms with E-state index in [1.165, 1.54) is 0 Å². The summed E-state index contributed by atoms with van der Waals surface area (Å²) in [4.78, 5) is 4.06. The molecule has 0 aliphatic carbocycles. The highest BCUT2D eigenvalue weighted by Gasteiger charge is 2.33. The van der Waals surface area contributed by atoms with Crippen molar-refractivity contribution in [2.24, 2.45) is 10.7 Å². The monoisotopic (exact) mass is 279 g/mol. The summed E-state index contributed by atoms with van der Waals surface area (Å²) in [5.41, 5.74) is 7.02. The number of nitriles is 2. The molecule has 1 aliphatic heterocycles. The maximum atomic E-state index is 10.4. The minimum atomic E-state index is -1.99. The predicted molar refractivity (Wildman–Crippen MR) is 78.1 cm³/mol. The van der Waals surface area contributed by atoms with Crippen molar-refractivity contribution in [2.45, 2.75) is 12.8 Å². The van der Waals surface area contributed by atoms with Crippen molar-refractivity contribution in [1.82, 2.24) is 5.32 Å². The van der Waals surface area contributed by atoms with Crippen LogP contribution >= 0.6 is 0 Å². The SMILES string of the molecule is CC1=NC(C#N)=C(C#N)NC(N)(O)/C1=C\c1ccccc1. The average molecular weight is 279 g/mol. The van der Waals surface area contributed by atoms with Crippen molar-refractivity contribution in [2.75, 3.05) is 0 Å². The Hall–Kier alpha value is -2.93. The molecule has 6 heteroatoms. The minimum absolute atomic E-state index is 0.115. The molecule has 2 rings (SSSR count). The molecular formula is C15H13N5O. The highest BCUT2D eigenvalue weighted by molar-refractivity contribution is 6.04. The summed E-state index contributed by atoms with van der Waals surface area (Å²) in [6.07, 6.45) is 1.65. The zero-order valence-corrected chi connectivity index (χ0v) is 11.3. The fraction of sp³-hybridized carbons (Fsp3) is 0.133. The van der Waals surface area contributed by atoms with Gasteiger partial charge in [0.25, 0.3) is 0 Å². The Balaban J connectivity index is 2.58. The van der Waals surface area contributed by atoms with Crippen molar-refractivity contribution in [3.05, 3.63) is 52.9 Å². The van der Waals surface area contributed by atoms with Crippen molar-refractivity contribution < 1.29 is 5.11 Å². The van der Waals surface area contributed by atoms with Gasteiger partial charge in [-0.15, -0.1) is 0 Å². The molecule has 0 saturated heterocycles. The molecule has 1 atom stereocenters. The van der Waals surface area contributed by atoms with Crippen LogP contribution in [0.1, 0.15) is 12.5 Å². The number of allylic oxidation sites excluding steroid dienone is 2. The number of benzene rings is 1. The van der Waals surface area contributed by atoms with Crippen LogP contribution in [0.2, 0.25) is 0 Å². The lowest BCUT2D eigenvalue weighted by Gasteiger charge is -2.26. The fourth-order valence-electron chi connectivity index (χ4n) is 1.97. The quantitative estimate of drug-likeness (QED) is 0.663. The smallest absolute Gasteiger partial charge is 0.220 e. The first-order chi connectivity index (χ1) is 9.97. The third-order valence-electron chi connectivity index (χ3n) is 2.96. The third-order valence-corrected chi connectivity index (χ3v) is 2.96. The minimum Gasteiger partial charge on any atom is -0.355 e. The Bertz CT molecular complexity index is 730. The van der Waals surface area contributed by atoms with Gasteiger partial charge < -0.3 is 10.4 Å². The first kappa shape index (κ1) is 14.5. The molecule has 0 radical (unpaired) electrons. The van der Waals surface area contributed by atoms with Gasteiger partial charge in [-0.1, -0.05) is 30.3 Å². The second-order valence-electron chi connectivity index (χ2n) is 4.50. The molecule has 0 fully saturated rings. The Morgan fingerprint density at radius 2 is 1.95 bits per heavy atom. The maximum Gasteiger partial charge on any atom is 0.220 e. The molecule has 1 unspecified atom stereocenters. The first-order valence-electron chi connectivity index (χ1n) is 6.14. The summed E-state index contributed by atoms with van der Waals surface area (Å²) in [5, 5.41) is 30.9. The summed E-state index contributed by atoms with van der Waals surface area (Å²) in [7, 11) is 0. The van der Waals surface area contributed by atoms with Gasteiger partial charge in [0, 0.05) is 11.3 Å². The van der Waals surface area contributed by atoms with E-state index in [0.29, 0.717) is 5.71 Å². The number of nitrogens with zero attached hydrogens (tertiary/aromatic N) is 3. The van der Waals surface area contributed by atoms with Gasteiger partial charge in [0.15, 0.2) is 11.4 Å². The van der Waals surface area contributed by atoms with E-state index in [9.17, 15) is 5.11 Å². The molecule has 0 bridgehead atoms. The largest absolute Gasteiger partial charge is 0.355 e. The number of rotatable bonds is 1. The lowest BCUT2D eigenvalue weighted by Crippen LogP contribution is -2.55. The number of hydrogen-bond donors (Lipinski definition) is 3. The van der Waals surface area contributed by atoms with E-state index >= 15 is 0 Å². The van der Waals surface area contributed by atoms with Gasteiger partial charge in [0.2, 0.25) is 5.85 Å². The van der Waals surface area contributed by atoms with Crippen LogP contribution in [0.3, 0.4) is 0 Å². The van der Waals surface area contributed by atoms with Gasteiger partial charge in [-0.05, 0) is 18.6 Å². The van der Waals surface area contributed by atoms with Gasteiger partial charge >= 0.3 is 0 Å².